The molecule has 1 amide bonds. The van der Waals surface area contributed by atoms with Crippen LogP contribution in [0.1, 0.15) is 41.8 Å². The molecule has 8 heteroatoms. The maximum absolute atomic E-state index is 12.8. The summed E-state index contributed by atoms with van der Waals surface area (Å²) in [5.41, 5.74) is 1.24. The van der Waals surface area contributed by atoms with E-state index in [4.69, 9.17) is 8.92 Å². The van der Waals surface area contributed by atoms with Crippen molar-refractivity contribution < 1.29 is 26.9 Å². The van der Waals surface area contributed by atoms with E-state index in [9.17, 15) is 18.0 Å². The van der Waals surface area contributed by atoms with Crippen LogP contribution in [0.4, 0.5) is 0 Å². The number of likely N-dealkylation sites (tertiary alicyclic amines) is 1. The third-order valence-electron chi connectivity index (χ3n) is 5.47. The van der Waals surface area contributed by atoms with Gasteiger partial charge in [-0.2, -0.15) is 8.42 Å². The molecule has 0 N–H and O–H groups in total. The van der Waals surface area contributed by atoms with Gasteiger partial charge in [0.1, 0.15) is 10.5 Å². The number of esters is 1. The van der Waals surface area contributed by atoms with Crippen LogP contribution >= 0.6 is 0 Å². The Morgan fingerprint density at radius 2 is 1.69 bits per heavy atom. The number of rotatable bonds is 6. The first-order valence-electron chi connectivity index (χ1n) is 10.6. The number of hydrogen-bond acceptors (Lipinski definition) is 6. The van der Waals surface area contributed by atoms with Gasteiger partial charge in [0.05, 0.1) is 0 Å². The Bertz CT molecular complexity index is 1100. The Balaban J connectivity index is 1.72. The number of benzene rings is 2. The number of ether oxygens (including phenoxy) is 1. The first-order chi connectivity index (χ1) is 15.1. The Morgan fingerprint density at radius 1 is 1.03 bits per heavy atom. The summed E-state index contributed by atoms with van der Waals surface area (Å²) >= 11 is 0. The average Bonchev–Trinajstić information content (AvgIpc) is 2.72. The molecule has 1 fully saturated rings. The van der Waals surface area contributed by atoms with Crippen molar-refractivity contribution in [2.45, 2.75) is 39.0 Å². The lowest BCUT2D eigenvalue weighted by Gasteiger charge is -2.34. The highest BCUT2D eigenvalue weighted by molar-refractivity contribution is 7.87. The highest BCUT2D eigenvalue weighted by Gasteiger charge is 2.27. The molecule has 7 nitrogen and oxygen atoms in total. The lowest BCUT2D eigenvalue weighted by Crippen LogP contribution is -2.44. The van der Waals surface area contributed by atoms with Crippen molar-refractivity contribution in [3.8, 4) is 5.75 Å². The van der Waals surface area contributed by atoms with Crippen molar-refractivity contribution in [3.63, 3.8) is 0 Å². The summed E-state index contributed by atoms with van der Waals surface area (Å²) in [7, 11) is -4.17. The molecular weight excluding hydrogens is 430 g/mol. The maximum atomic E-state index is 12.8. The van der Waals surface area contributed by atoms with E-state index in [0.717, 1.165) is 12.0 Å². The summed E-state index contributed by atoms with van der Waals surface area (Å²) in [4.78, 5) is 26.9. The van der Waals surface area contributed by atoms with Gasteiger partial charge in [0.2, 0.25) is 0 Å². The smallest absolute Gasteiger partial charge is 0.342 e. The first kappa shape index (κ1) is 23.8. The zero-order valence-electron chi connectivity index (χ0n) is 18.8. The molecule has 0 saturated carbocycles. The number of amides is 1. The molecule has 3 rings (SSSR count). The number of carbonyl (C=O) groups excluding carboxylic acids is 2. The molecule has 0 unspecified atom stereocenters. The van der Waals surface area contributed by atoms with Crippen LogP contribution < -0.4 is 4.18 Å². The predicted molar refractivity (Wildman–Crippen MR) is 120 cm³/mol. The minimum atomic E-state index is -4.17. The molecule has 0 spiro atoms. The van der Waals surface area contributed by atoms with Crippen molar-refractivity contribution in [2.75, 3.05) is 19.7 Å². The van der Waals surface area contributed by atoms with Crippen LogP contribution in [0.25, 0.3) is 0 Å². The fourth-order valence-electron chi connectivity index (χ4n) is 4.01. The molecule has 1 aliphatic heterocycles. The van der Waals surface area contributed by atoms with E-state index in [1.807, 2.05) is 0 Å². The van der Waals surface area contributed by atoms with Gasteiger partial charge in [-0.15, -0.1) is 0 Å². The molecule has 1 saturated heterocycles. The summed E-state index contributed by atoms with van der Waals surface area (Å²) in [6, 6.07) is 10.9. The van der Waals surface area contributed by atoms with E-state index in [1.165, 1.54) is 18.2 Å². The van der Waals surface area contributed by atoms with E-state index in [2.05, 4.69) is 13.8 Å². The highest BCUT2D eigenvalue weighted by Crippen LogP contribution is 2.26. The van der Waals surface area contributed by atoms with E-state index >= 15 is 0 Å². The zero-order chi connectivity index (χ0) is 23.5. The molecule has 0 aliphatic carbocycles. The second-order valence-corrected chi connectivity index (χ2v) is 10.1. The van der Waals surface area contributed by atoms with Crippen LogP contribution in [0.15, 0.2) is 47.4 Å². The zero-order valence-corrected chi connectivity index (χ0v) is 19.6. The SMILES string of the molecule is Cc1ccc(C)c(S(=O)(=O)Oc2ccccc2C(=O)OCC(=O)N2C[C@H](C)C[C@@H](C)C2)c1. The van der Waals surface area contributed by atoms with Crippen LogP contribution in [0.2, 0.25) is 0 Å². The second-order valence-electron chi connectivity index (χ2n) is 8.62. The number of carbonyl (C=O) groups is 2. The number of nitrogens with zero attached hydrogens (tertiary/aromatic N) is 1. The van der Waals surface area contributed by atoms with Crippen molar-refractivity contribution in [3.05, 3.63) is 59.2 Å². The average molecular weight is 460 g/mol. The number of para-hydroxylation sites is 1. The Kier molecular flexibility index (Phi) is 7.23. The van der Waals surface area contributed by atoms with Gasteiger partial charge in [0.25, 0.3) is 5.91 Å². The van der Waals surface area contributed by atoms with E-state index in [0.29, 0.717) is 30.5 Å². The quantitative estimate of drug-likeness (QED) is 0.483. The van der Waals surface area contributed by atoms with E-state index in [1.54, 1.807) is 43.0 Å². The Hall–Kier alpha value is -2.87. The summed E-state index contributed by atoms with van der Waals surface area (Å²) in [5.74, 6) is -0.446. The van der Waals surface area contributed by atoms with Crippen LogP contribution in [-0.4, -0.2) is 44.9 Å². The fraction of sp³-hybridized carbons (Fsp3) is 0.417. The normalized spacial score (nSPS) is 18.8. The minimum Gasteiger partial charge on any atom is -0.452 e. The monoisotopic (exact) mass is 459 g/mol. The van der Waals surface area contributed by atoms with Crippen molar-refractivity contribution in [1.29, 1.82) is 0 Å². The molecule has 2 aromatic carbocycles. The van der Waals surface area contributed by atoms with Crippen LogP contribution in [-0.2, 0) is 19.6 Å². The van der Waals surface area contributed by atoms with E-state index < -0.39 is 22.7 Å². The standard InChI is InChI=1S/C24H29NO6S/c1-16-9-10-19(4)22(12-16)32(28,29)31-21-8-6-5-7-20(21)24(27)30-15-23(26)25-13-17(2)11-18(3)14-25/h5-10,12,17-18H,11,13-15H2,1-4H3/t17-,18-/m1/s1. The minimum absolute atomic E-state index is 0.0317. The summed E-state index contributed by atoms with van der Waals surface area (Å²) in [6.45, 7) is 8.49. The summed E-state index contributed by atoms with van der Waals surface area (Å²) in [5, 5.41) is 0. The topological polar surface area (TPSA) is 90.0 Å². The molecule has 1 aliphatic rings. The lowest BCUT2D eigenvalue weighted by atomic mass is 9.92. The van der Waals surface area contributed by atoms with Crippen LogP contribution in [0, 0.1) is 25.7 Å². The predicted octanol–water partition coefficient (Wildman–Crippen LogP) is 3.73. The van der Waals surface area contributed by atoms with Gasteiger partial charge in [-0.25, -0.2) is 4.79 Å². The van der Waals surface area contributed by atoms with Gasteiger partial charge in [-0.05, 0) is 61.4 Å². The van der Waals surface area contributed by atoms with Gasteiger partial charge < -0.3 is 13.8 Å². The van der Waals surface area contributed by atoms with E-state index in [-0.39, 0.29) is 22.1 Å². The molecular formula is C24H29NO6S. The van der Waals surface area contributed by atoms with Gasteiger partial charge in [-0.1, -0.05) is 38.1 Å². The van der Waals surface area contributed by atoms with Gasteiger partial charge in [0, 0.05) is 13.1 Å². The molecule has 0 bridgehead atoms. The Labute approximate surface area is 189 Å². The lowest BCUT2D eigenvalue weighted by molar-refractivity contribution is -0.137. The van der Waals surface area contributed by atoms with Gasteiger partial charge in [0.15, 0.2) is 12.4 Å². The van der Waals surface area contributed by atoms with Gasteiger partial charge >= 0.3 is 16.1 Å². The summed E-state index contributed by atoms with van der Waals surface area (Å²) in [6.07, 6.45) is 1.06. The first-order valence-corrected chi connectivity index (χ1v) is 12.0. The third kappa shape index (κ3) is 5.68. The number of aryl methyl sites for hydroxylation is 2. The Morgan fingerprint density at radius 3 is 2.38 bits per heavy atom. The molecule has 172 valence electrons. The molecule has 2 atom stereocenters. The van der Waals surface area contributed by atoms with Crippen molar-refractivity contribution in [2.24, 2.45) is 11.8 Å². The molecule has 0 radical (unpaired) electrons. The van der Waals surface area contributed by atoms with Crippen LogP contribution in [0.5, 0.6) is 5.75 Å². The number of piperidine rings is 1. The van der Waals surface area contributed by atoms with Gasteiger partial charge in [-0.3, -0.25) is 4.79 Å². The largest absolute Gasteiger partial charge is 0.452 e. The maximum Gasteiger partial charge on any atom is 0.342 e. The molecule has 1 heterocycles. The molecule has 2 aromatic rings. The second kappa shape index (κ2) is 9.73. The van der Waals surface area contributed by atoms with Crippen LogP contribution in [0.3, 0.4) is 0 Å². The molecule has 0 aromatic heterocycles. The molecule has 32 heavy (non-hydrogen) atoms. The third-order valence-corrected chi connectivity index (χ3v) is 6.85. The van der Waals surface area contributed by atoms with Crippen molar-refractivity contribution >= 4 is 22.0 Å². The fourth-order valence-corrected chi connectivity index (χ4v) is 5.27. The highest BCUT2D eigenvalue weighted by atomic mass is 32.2. The summed E-state index contributed by atoms with van der Waals surface area (Å²) < 4.78 is 36.2. The van der Waals surface area contributed by atoms with Crippen molar-refractivity contribution in [1.82, 2.24) is 4.90 Å². The number of hydrogen-bond donors (Lipinski definition) is 0.